The van der Waals surface area contributed by atoms with Crippen LogP contribution >= 0.6 is 11.6 Å². The third-order valence-electron chi connectivity index (χ3n) is 4.90. The van der Waals surface area contributed by atoms with Gasteiger partial charge in [-0.25, -0.2) is 9.96 Å². The summed E-state index contributed by atoms with van der Waals surface area (Å²) < 4.78 is 0. The monoisotopic (exact) mass is 370 g/mol. The van der Waals surface area contributed by atoms with Crippen molar-refractivity contribution in [3.63, 3.8) is 0 Å². The van der Waals surface area contributed by atoms with Crippen LogP contribution in [0.25, 0.3) is 0 Å². The van der Waals surface area contributed by atoms with Crippen molar-refractivity contribution < 1.29 is 14.4 Å². The van der Waals surface area contributed by atoms with Gasteiger partial charge in [0.15, 0.2) is 6.10 Å². The summed E-state index contributed by atoms with van der Waals surface area (Å²) in [7, 11) is 0. The summed E-state index contributed by atoms with van der Waals surface area (Å²) >= 11 is 6.03. The number of halogens is 1. The van der Waals surface area contributed by atoms with Crippen LogP contribution in [0, 0.1) is 5.92 Å². The van der Waals surface area contributed by atoms with Gasteiger partial charge in [-0.15, -0.1) is 0 Å². The summed E-state index contributed by atoms with van der Waals surface area (Å²) in [6.45, 7) is 2.06. The summed E-state index contributed by atoms with van der Waals surface area (Å²) in [5, 5.41) is 2.22. The lowest BCUT2D eigenvalue weighted by Gasteiger charge is -2.28. The Hall–Kier alpha value is -2.37. The standard InChI is InChI=1S/C20H19ClN2O3/c1-2-7-16-17-18(26-23(16)14-9-4-3-5-10-14)20(25)22(19(17)24)15-11-6-8-13(21)12-15/h3-6,8-12,16-18H,2,7H2,1H3/t16-,17-,18+/m0/s1. The minimum atomic E-state index is -0.793. The molecule has 2 saturated heterocycles. The molecule has 0 unspecified atom stereocenters. The van der Waals surface area contributed by atoms with Gasteiger partial charge in [-0.1, -0.05) is 49.2 Å². The summed E-state index contributed by atoms with van der Waals surface area (Å²) in [6.07, 6.45) is 0.857. The molecule has 2 fully saturated rings. The zero-order valence-corrected chi connectivity index (χ0v) is 15.1. The number of hydroxylamine groups is 1. The fraction of sp³-hybridized carbons (Fsp3) is 0.300. The van der Waals surface area contributed by atoms with Crippen LogP contribution in [0.2, 0.25) is 5.02 Å². The van der Waals surface area contributed by atoms with E-state index in [9.17, 15) is 9.59 Å². The lowest BCUT2D eigenvalue weighted by molar-refractivity contribution is -0.126. The molecular formula is C20H19ClN2O3. The first-order valence-corrected chi connectivity index (χ1v) is 9.14. The summed E-state index contributed by atoms with van der Waals surface area (Å²) in [5.74, 6) is -1.07. The second kappa shape index (κ2) is 6.74. The number of hydrogen-bond acceptors (Lipinski definition) is 4. The predicted octanol–water partition coefficient (Wildman–Crippen LogP) is 3.82. The molecule has 0 saturated carbocycles. The molecule has 0 aromatic heterocycles. The highest BCUT2D eigenvalue weighted by Crippen LogP contribution is 2.41. The van der Waals surface area contributed by atoms with Gasteiger partial charge in [0.2, 0.25) is 5.91 Å². The Morgan fingerprint density at radius 3 is 2.42 bits per heavy atom. The van der Waals surface area contributed by atoms with Crippen LogP contribution in [0.1, 0.15) is 19.8 Å². The zero-order valence-electron chi connectivity index (χ0n) is 14.3. The van der Waals surface area contributed by atoms with Crippen molar-refractivity contribution in [3.8, 4) is 0 Å². The summed E-state index contributed by atoms with van der Waals surface area (Å²) in [5.41, 5.74) is 1.35. The molecule has 2 heterocycles. The van der Waals surface area contributed by atoms with Crippen molar-refractivity contribution in [1.82, 2.24) is 0 Å². The maximum atomic E-state index is 13.1. The van der Waals surface area contributed by atoms with Gasteiger partial charge in [-0.3, -0.25) is 14.4 Å². The Labute approximate surface area is 157 Å². The number of nitrogens with zero attached hydrogens (tertiary/aromatic N) is 2. The molecule has 3 atom stereocenters. The molecule has 2 amide bonds. The largest absolute Gasteiger partial charge is 0.273 e. The average molecular weight is 371 g/mol. The highest BCUT2D eigenvalue weighted by Gasteiger charge is 2.59. The minimum Gasteiger partial charge on any atom is -0.273 e. The first-order valence-electron chi connectivity index (χ1n) is 8.76. The van der Waals surface area contributed by atoms with Crippen molar-refractivity contribution in [2.75, 3.05) is 9.96 Å². The van der Waals surface area contributed by atoms with Gasteiger partial charge in [0.25, 0.3) is 5.91 Å². The lowest BCUT2D eigenvalue weighted by Crippen LogP contribution is -2.40. The van der Waals surface area contributed by atoms with E-state index in [2.05, 4.69) is 6.92 Å². The first-order chi connectivity index (χ1) is 12.6. The van der Waals surface area contributed by atoms with Crippen LogP contribution in [-0.2, 0) is 14.4 Å². The molecule has 0 aliphatic carbocycles. The Balaban J connectivity index is 1.69. The Bertz CT molecular complexity index is 842. The molecule has 2 aromatic carbocycles. The van der Waals surface area contributed by atoms with Gasteiger partial charge in [0, 0.05) is 5.02 Å². The molecule has 4 rings (SSSR count). The second-order valence-corrected chi connectivity index (χ2v) is 7.00. The normalized spacial score (nSPS) is 25.1. The minimum absolute atomic E-state index is 0.173. The number of carbonyl (C=O) groups is 2. The summed E-state index contributed by atoms with van der Waals surface area (Å²) in [6, 6.07) is 16.2. The molecule has 0 spiro atoms. The Morgan fingerprint density at radius 2 is 1.73 bits per heavy atom. The Kier molecular flexibility index (Phi) is 4.42. The van der Waals surface area contributed by atoms with E-state index in [1.165, 1.54) is 4.90 Å². The van der Waals surface area contributed by atoms with Crippen molar-refractivity contribution in [3.05, 3.63) is 59.6 Å². The topological polar surface area (TPSA) is 49.9 Å². The molecule has 0 bridgehead atoms. The highest BCUT2D eigenvalue weighted by atomic mass is 35.5. The molecule has 0 N–H and O–H groups in total. The SMILES string of the molecule is CCC[C@H]1[C@@H]2C(=O)N(c3cccc(Cl)c3)C(=O)[C@@H]2ON1c1ccccc1. The maximum absolute atomic E-state index is 13.1. The first kappa shape index (κ1) is 17.1. The fourth-order valence-corrected chi connectivity index (χ4v) is 3.97. The number of benzene rings is 2. The number of imide groups is 1. The van der Waals surface area contributed by atoms with E-state index >= 15 is 0 Å². The van der Waals surface area contributed by atoms with E-state index in [0.29, 0.717) is 10.7 Å². The van der Waals surface area contributed by atoms with E-state index in [-0.39, 0.29) is 17.9 Å². The van der Waals surface area contributed by atoms with Crippen molar-refractivity contribution in [2.24, 2.45) is 5.92 Å². The van der Waals surface area contributed by atoms with E-state index in [4.69, 9.17) is 16.4 Å². The molecule has 5 nitrogen and oxygen atoms in total. The quantitative estimate of drug-likeness (QED) is 0.768. The second-order valence-electron chi connectivity index (χ2n) is 6.56. The lowest BCUT2D eigenvalue weighted by atomic mass is 9.93. The number of carbonyl (C=O) groups excluding carboxylic acids is 2. The molecular weight excluding hydrogens is 352 g/mol. The van der Waals surface area contributed by atoms with Crippen molar-refractivity contribution >= 4 is 34.8 Å². The fourth-order valence-electron chi connectivity index (χ4n) is 3.78. The molecule has 2 aliphatic rings. The van der Waals surface area contributed by atoms with Crippen LogP contribution in [0.5, 0.6) is 0 Å². The number of para-hydroxylation sites is 1. The number of rotatable bonds is 4. The molecule has 6 heteroatoms. The van der Waals surface area contributed by atoms with Gasteiger partial charge in [-0.2, -0.15) is 0 Å². The van der Waals surface area contributed by atoms with Crippen molar-refractivity contribution in [2.45, 2.75) is 31.9 Å². The van der Waals surface area contributed by atoms with E-state index in [0.717, 1.165) is 18.5 Å². The van der Waals surface area contributed by atoms with Gasteiger partial charge in [0.05, 0.1) is 23.3 Å². The average Bonchev–Trinajstić information content (AvgIpc) is 3.13. The number of hydrogen-bond donors (Lipinski definition) is 0. The molecule has 2 aromatic rings. The van der Waals surface area contributed by atoms with Gasteiger partial charge < -0.3 is 0 Å². The highest BCUT2D eigenvalue weighted by molar-refractivity contribution is 6.31. The Morgan fingerprint density at radius 1 is 1.00 bits per heavy atom. The molecule has 0 radical (unpaired) electrons. The van der Waals surface area contributed by atoms with Crippen molar-refractivity contribution in [1.29, 1.82) is 0 Å². The third-order valence-corrected chi connectivity index (χ3v) is 5.13. The zero-order chi connectivity index (χ0) is 18.3. The maximum Gasteiger partial charge on any atom is 0.266 e. The van der Waals surface area contributed by atoms with E-state index in [1.54, 1.807) is 29.3 Å². The molecule has 134 valence electrons. The van der Waals surface area contributed by atoms with Gasteiger partial charge >= 0.3 is 0 Å². The van der Waals surface area contributed by atoms with Crippen LogP contribution in [0.15, 0.2) is 54.6 Å². The predicted molar refractivity (Wildman–Crippen MR) is 99.9 cm³/mol. The summed E-state index contributed by atoms with van der Waals surface area (Å²) in [4.78, 5) is 33.3. The van der Waals surface area contributed by atoms with Crippen LogP contribution in [0.4, 0.5) is 11.4 Å². The van der Waals surface area contributed by atoms with Crippen LogP contribution in [-0.4, -0.2) is 24.0 Å². The van der Waals surface area contributed by atoms with E-state index in [1.807, 2.05) is 30.3 Å². The van der Waals surface area contributed by atoms with Gasteiger partial charge in [0.1, 0.15) is 0 Å². The smallest absolute Gasteiger partial charge is 0.266 e. The van der Waals surface area contributed by atoms with Crippen LogP contribution < -0.4 is 9.96 Å². The third kappa shape index (κ3) is 2.68. The van der Waals surface area contributed by atoms with E-state index < -0.39 is 12.0 Å². The molecule has 26 heavy (non-hydrogen) atoms. The number of anilines is 2. The van der Waals surface area contributed by atoms with Gasteiger partial charge in [-0.05, 0) is 36.8 Å². The van der Waals surface area contributed by atoms with Crippen LogP contribution in [0.3, 0.4) is 0 Å². The number of amides is 2. The molecule has 2 aliphatic heterocycles. The number of fused-ring (bicyclic) bond motifs is 1.